The summed E-state index contributed by atoms with van der Waals surface area (Å²) in [5.41, 5.74) is 3.26. The van der Waals surface area contributed by atoms with Crippen molar-refractivity contribution < 1.29 is 9.53 Å². The molecule has 0 unspecified atom stereocenters. The fraction of sp³-hybridized carbons (Fsp3) is 0.611. The van der Waals surface area contributed by atoms with E-state index in [1.165, 1.54) is 16.8 Å². The SMILES string of the molecule is Cc1cc(Br)cc(C)c1NC1CCN(C(=O)OC(C)(C)C)CC1. The number of hydrogen-bond acceptors (Lipinski definition) is 3. The number of piperidine rings is 1. The van der Waals surface area contributed by atoms with Crippen LogP contribution in [0.1, 0.15) is 44.7 Å². The molecule has 2 rings (SSSR count). The van der Waals surface area contributed by atoms with Crippen LogP contribution in [0.3, 0.4) is 0 Å². The molecule has 0 aliphatic carbocycles. The quantitative estimate of drug-likeness (QED) is 0.792. The smallest absolute Gasteiger partial charge is 0.410 e. The normalized spacial score (nSPS) is 16.3. The van der Waals surface area contributed by atoms with Crippen LogP contribution in [-0.2, 0) is 4.74 Å². The molecule has 0 aromatic heterocycles. The number of benzene rings is 1. The maximum absolute atomic E-state index is 12.1. The first kappa shape index (κ1) is 18.1. The van der Waals surface area contributed by atoms with Gasteiger partial charge in [0.15, 0.2) is 0 Å². The van der Waals surface area contributed by atoms with Crippen LogP contribution in [0.25, 0.3) is 0 Å². The fourth-order valence-electron chi connectivity index (χ4n) is 2.88. The van der Waals surface area contributed by atoms with Crippen LogP contribution in [0.2, 0.25) is 0 Å². The largest absolute Gasteiger partial charge is 0.444 e. The minimum absolute atomic E-state index is 0.202. The molecule has 128 valence electrons. The number of carbonyl (C=O) groups is 1. The van der Waals surface area contributed by atoms with Gasteiger partial charge in [0.25, 0.3) is 0 Å². The number of amides is 1. The lowest BCUT2D eigenvalue weighted by Crippen LogP contribution is -2.44. The molecule has 0 radical (unpaired) electrons. The van der Waals surface area contributed by atoms with Crippen molar-refractivity contribution in [1.82, 2.24) is 4.90 Å². The molecule has 0 spiro atoms. The number of nitrogens with one attached hydrogen (secondary N) is 1. The molecule has 1 aliphatic rings. The van der Waals surface area contributed by atoms with Crippen LogP contribution < -0.4 is 5.32 Å². The number of ether oxygens (including phenoxy) is 1. The molecule has 1 heterocycles. The van der Waals surface area contributed by atoms with E-state index in [1.54, 1.807) is 0 Å². The number of likely N-dealkylation sites (tertiary alicyclic amines) is 1. The second-order valence-corrected chi connectivity index (χ2v) is 8.22. The average molecular weight is 383 g/mol. The summed E-state index contributed by atoms with van der Waals surface area (Å²) in [5, 5.41) is 3.65. The van der Waals surface area contributed by atoms with Crippen molar-refractivity contribution in [3.63, 3.8) is 0 Å². The Bertz CT molecular complexity index is 550. The molecule has 0 saturated carbocycles. The van der Waals surface area contributed by atoms with Gasteiger partial charge in [-0.2, -0.15) is 0 Å². The van der Waals surface area contributed by atoms with Crippen molar-refractivity contribution in [2.24, 2.45) is 0 Å². The first-order valence-electron chi connectivity index (χ1n) is 8.17. The molecule has 1 aliphatic heterocycles. The number of anilines is 1. The Morgan fingerprint density at radius 2 is 1.74 bits per heavy atom. The van der Waals surface area contributed by atoms with Gasteiger partial charge in [0.05, 0.1) is 0 Å². The zero-order valence-electron chi connectivity index (χ0n) is 14.7. The van der Waals surface area contributed by atoms with Gasteiger partial charge in [-0.1, -0.05) is 15.9 Å². The van der Waals surface area contributed by atoms with Gasteiger partial charge in [-0.05, 0) is 70.7 Å². The predicted molar refractivity (Wildman–Crippen MR) is 98.1 cm³/mol. The van der Waals surface area contributed by atoms with E-state index >= 15 is 0 Å². The second kappa shape index (κ2) is 7.12. The van der Waals surface area contributed by atoms with Gasteiger partial charge in [-0.25, -0.2) is 4.79 Å². The molecule has 1 N–H and O–H groups in total. The molecule has 5 heteroatoms. The number of hydrogen-bond donors (Lipinski definition) is 1. The minimum Gasteiger partial charge on any atom is -0.444 e. The number of nitrogens with zero attached hydrogens (tertiary/aromatic N) is 1. The second-order valence-electron chi connectivity index (χ2n) is 7.30. The van der Waals surface area contributed by atoms with Gasteiger partial charge < -0.3 is 15.0 Å². The van der Waals surface area contributed by atoms with E-state index in [0.717, 1.165) is 30.4 Å². The predicted octanol–water partition coefficient (Wildman–Crippen LogP) is 4.88. The lowest BCUT2D eigenvalue weighted by atomic mass is 10.0. The lowest BCUT2D eigenvalue weighted by molar-refractivity contribution is 0.0210. The first-order valence-corrected chi connectivity index (χ1v) is 8.96. The summed E-state index contributed by atoms with van der Waals surface area (Å²) in [6.45, 7) is 11.4. The molecule has 0 bridgehead atoms. The standard InChI is InChI=1S/C18H27BrN2O2/c1-12-10-14(19)11-13(2)16(12)20-15-6-8-21(9-7-15)17(22)23-18(3,4)5/h10-11,15,20H,6-9H2,1-5H3. The third-order valence-electron chi connectivity index (χ3n) is 3.99. The molecule has 1 saturated heterocycles. The van der Waals surface area contributed by atoms with Gasteiger partial charge in [0, 0.05) is 29.3 Å². The topological polar surface area (TPSA) is 41.6 Å². The van der Waals surface area contributed by atoms with Gasteiger partial charge >= 0.3 is 6.09 Å². The van der Waals surface area contributed by atoms with Gasteiger partial charge in [-0.15, -0.1) is 0 Å². The van der Waals surface area contributed by atoms with Crippen molar-refractivity contribution in [2.45, 2.75) is 59.1 Å². The molecule has 23 heavy (non-hydrogen) atoms. The Labute approximate surface area is 147 Å². The number of aryl methyl sites for hydroxylation is 2. The zero-order chi connectivity index (χ0) is 17.2. The van der Waals surface area contributed by atoms with Crippen molar-refractivity contribution >= 4 is 27.7 Å². The molecule has 1 amide bonds. The van der Waals surface area contributed by atoms with Crippen molar-refractivity contribution in [1.29, 1.82) is 0 Å². The van der Waals surface area contributed by atoms with Crippen molar-refractivity contribution in [2.75, 3.05) is 18.4 Å². The monoisotopic (exact) mass is 382 g/mol. The first-order chi connectivity index (χ1) is 10.7. The number of halogens is 1. The molecular weight excluding hydrogens is 356 g/mol. The van der Waals surface area contributed by atoms with Crippen LogP contribution >= 0.6 is 15.9 Å². The maximum atomic E-state index is 12.1. The highest BCUT2D eigenvalue weighted by Gasteiger charge is 2.27. The fourth-order valence-corrected chi connectivity index (χ4v) is 3.56. The zero-order valence-corrected chi connectivity index (χ0v) is 16.3. The Morgan fingerprint density at radius 1 is 1.22 bits per heavy atom. The van der Waals surface area contributed by atoms with Crippen LogP contribution in [0.5, 0.6) is 0 Å². The van der Waals surface area contributed by atoms with E-state index < -0.39 is 5.60 Å². The summed E-state index contributed by atoms with van der Waals surface area (Å²) in [7, 11) is 0. The summed E-state index contributed by atoms with van der Waals surface area (Å²) in [4.78, 5) is 13.9. The van der Waals surface area contributed by atoms with Crippen molar-refractivity contribution in [3.8, 4) is 0 Å². The van der Waals surface area contributed by atoms with Crippen LogP contribution in [0.4, 0.5) is 10.5 Å². The summed E-state index contributed by atoms with van der Waals surface area (Å²) < 4.78 is 6.55. The van der Waals surface area contributed by atoms with Gasteiger partial charge in [0.2, 0.25) is 0 Å². The highest BCUT2D eigenvalue weighted by atomic mass is 79.9. The molecule has 4 nitrogen and oxygen atoms in total. The van der Waals surface area contributed by atoms with E-state index in [2.05, 4.69) is 47.2 Å². The molecule has 0 atom stereocenters. The van der Waals surface area contributed by atoms with Crippen LogP contribution in [0.15, 0.2) is 16.6 Å². The minimum atomic E-state index is -0.433. The summed E-state index contributed by atoms with van der Waals surface area (Å²) in [6.07, 6.45) is 1.68. The third-order valence-corrected chi connectivity index (χ3v) is 4.45. The Morgan fingerprint density at radius 3 is 2.22 bits per heavy atom. The highest BCUT2D eigenvalue weighted by molar-refractivity contribution is 9.10. The maximum Gasteiger partial charge on any atom is 0.410 e. The molecule has 1 aromatic carbocycles. The molecular formula is C18H27BrN2O2. The summed E-state index contributed by atoms with van der Waals surface area (Å²) in [6, 6.07) is 4.66. The molecule has 1 aromatic rings. The van der Waals surface area contributed by atoms with E-state index in [-0.39, 0.29) is 6.09 Å². The summed E-state index contributed by atoms with van der Waals surface area (Å²) >= 11 is 3.53. The van der Waals surface area contributed by atoms with Crippen LogP contribution in [0, 0.1) is 13.8 Å². The van der Waals surface area contributed by atoms with E-state index in [0.29, 0.717) is 6.04 Å². The number of carbonyl (C=O) groups excluding carboxylic acids is 1. The third kappa shape index (κ3) is 5.13. The molecule has 1 fully saturated rings. The van der Waals surface area contributed by atoms with Gasteiger partial charge in [0.1, 0.15) is 5.60 Å². The Balaban J connectivity index is 1.92. The lowest BCUT2D eigenvalue weighted by Gasteiger charge is -2.34. The van der Waals surface area contributed by atoms with Gasteiger partial charge in [-0.3, -0.25) is 0 Å². The van der Waals surface area contributed by atoms with Crippen molar-refractivity contribution in [3.05, 3.63) is 27.7 Å². The summed E-state index contributed by atoms with van der Waals surface area (Å²) in [5.74, 6) is 0. The average Bonchev–Trinajstić information content (AvgIpc) is 2.41. The Hall–Kier alpha value is -1.23. The Kier molecular flexibility index (Phi) is 5.61. The van der Waals surface area contributed by atoms with E-state index in [9.17, 15) is 4.79 Å². The van der Waals surface area contributed by atoms with E-state index in [4.69, 9.17) is 4.74 Å². The number of rotatable bonds is 2. The van der Waals surface area contributed by atoms with E-state index in [1.807, 2.05) is 25.7 Å². The highest BCUT2D eigenvalue weighted by Crippen LogP contribution is 2.27. The van der Waals surface area contributed by atoms with Crippen LogP contribution in [-0.4, -0.2) is 35.7 Å².